The third-order valence-electron chi connectivity index (χ3n) is 8.06. The van der Waals surface area contributed by atoms with Gasteiger partial charge in [0.2, 0.25) is 11.8 Å². The number of carbonyl (C=O) groups excluding carboxylic acids is 4. The zero-order chi connectivity index (χ0) is 38.3. The Hall–Kier alpha value is -3.96. The summed E-state index contributed by atoms with van der Waals surface area (Å²) in [4.78, 5) is 57.6. The van der Waals surface area contributed by atoms with Crippen LogP contribution in [0.4, 0.5) is 9.59 Å². The maximum absolute atomic E-state index is 14.1. The second-order valence-electron chi connectivity index (χ2n) is 15.6. The number of carbonyl (C=O) groups is 4. The summed E-state index contributed by atoms with van der Waals surface area (Å²) >= 11 is 0. The molecule has 0 aromatic heterocycles. The van der Waals surface area contributed by atoms with E-state index < -0.39 is 47.9 Å². The maximum atomic E-state index is 14.1. The fourth-order valence-electron chi connectivity index (χ4n) is 5.64. The van der Waals surface area contributed by atoms with Crippen molar-refractivity contribution in [3.8, 4) is 0 Å². The zero-order valence-corrected chi connectivity index (χ0v) is 32.1. The predicted octanol–water partition coefficient (Wildman–Crippen LogP) is 6.31. The number of amides is 4. The highest BCUT2D eigenvalue weighted by atomic mass is 16.6. The van der Waals surface area contributed by atoms with E-state index in [1.54, 1.807) is 20.8 Å². The average molecular weight is 711 g/mol. The van der Waals surface area contributed by atoms with Gasteiger partial charge in [-0.1, -0.05) is 102 Å². The van der Waals surface area contributed by atoms with Crippen molar-refractivity contribution in [2.45, 2.75) is 124 Å². The number of hydrogen-bond donors (Lipinski definition) is 3. The van der Waals surface area contributed by atoms with Gasteiger partial charge in [-0.15, -0.1) is 0 Å². The van der Waals surface area contributed by atoms with Gasteiger partial charge in [-0.2, -0.15) is 0 Å². The van der Waals surface area contributed by atoms with Crippen molar-refractivity contribution in [1.29, 1.82) is 0 Å². The molecule has 0 unspecified atom stereocenters. The summed E-state index contributed by atoms with van der Waals surface area (Å²) in [6.07, 6.45) is -2.17. The Kier molecular flexibility index (Phi) is 17.6. The van der Waals surface area contributed by atoms with Gasteiger partial charge in [0.1, 0.15) is 11.6 Å². The Morgan fingerprint density at radius 3 is 1.86 bits per heavy atom. The van der Waals surface area contributed by atoms with Crippen LogP contribution < -0.4 is 11.1 Å². The molecule has 284 valence electrons. The SMILES string of the molecule is CC(C)COC(=O)N(CC[C@H](O)[C@H](CC(C)C)N(C(=O)OC(C)(C)C)C(=O)[C@@H](N)Cc1ccccc1)[C@@H](CC(C)C)C(=O)NCc1ccccc1. The Morgan fingerprint density at radius 1 is 0.804 bits per heavy atom. The van der Waals surface area contributed by atoms with E-state index in [1.165, 1.54) is 4.90 Å². The summed E-state index contributed by atoms with van der Waals surface area (Å²) < 4.78 is 11.3. The van der Waals surface area contributed by atoms with E-state index in [9.17, 15) is 24.3 Å². The molecular weight excluding hydrogens is 648 g/mol. The average Bonchev–Trinajstić information content (AvgIpc) is 3.05. The van der Waals surface area contributed by atoms with Crippen molar-refractivity contribution in [3.63, 3.8) is 0 Å². The van der Waals surface area contributed by atoms with Crippen LogP contribution in [0.5, 0.6) is 0 Å². The first-order valence-electron chi connectivity index (χ1n) is 18.2. The van der Waals surface area contributed by atoms with Crippen molar-refractivity contribution in [1.82, 2.24) is 15.1 Å². The first-order valence-corrected chi connectivity index (χ1v) is 18.2. The zero-order valence-electron chi connectivity index (χ0n) is 32.1. The summed E-state index contributed by atoms with van der Waals surface area (Å²) in [5.41, 5.74) is 7.24. The number of hydrogen-bond acceptors (Lipinski definition) is 8. The molecule has 0 saturated heterocycles. The Balaban J connectivity index is 2.46. The second-order valence-corrected chi connectivity index (χ2v) is 15.6. The first-order chi connectivity index (χ1) is 23.9. The van der Waals surface area contributed by atoms with Crippen LogP contribution in [-0.4, -0.2) is 81.9 Å². The molecule has 0 bridgehead atoms. The van der Waals surface area contributed by atoms with Gasteiger partial charge < -0.3 is 25.6 Å². The highest BCUT2D eigenvalue weighted by molar-refractivity contribution is 5.95. The lowest BCUT2D eigenvalue weighted by Crippen LogP contribution is -2.58. The number of nitrogens with two attached hydrogens (primary N) is 1. The highest BCUT2D eigenvalue weighted by Gasteiger charge is 2.41. The topological polar surface area (TPSA) is 152 Å². The molecule has 4 atom stereocenters. The fourth-order valence-corrected chi connectivity index (χ4v) is 5.64. The van der Waals surface area contributed by atoms with E-state index in [0.29, 0.717) is 6.42 Å². The number of rotatable bonds is 18. The van der Waals surface area contributed by atoms with Crippen LogP contribution in [0.25, 0.3) is 0 Å². The molecule has 11 nitrogen and oxygen atoms in total. The van der Waals surface area contributed by atoms with Crippen LogP contribution in [0.15, 0.2) is 60.7 Å². The highest BCUT2D eigenvalue weighted by Crippen LogP contribution is 2.24. The molecule has 2 aromatic rings. The minimum Gasteiger partial charge on any atom is -0.449 e. The minimum absolute atomic E-state index is 0.0442. The molecule has 11 heteroatoms. The molecule has 4 amide bonds. The monoisotopic (exact) mass is 710 g/mol. The molecule has 0 radical (unpaired) electrons. The molecule has 2 aromatic carbocycles. The van der Waals surface area contributed by atoms with Crippen molar-refractivity contribution in [3.05, 3.63) is 71.8 Å². The first kappa shape index (κ1) is 43.2. The number of aliphatic hydroxyl groups excluding tert-OH is 1. The van der Waals surface area contributed by atoms with E-state index in [2.05, 4.69) is 5.32 Å². The Morgan fingerprint density at radius 2 is 1.35 bits per heavy atom. The molecule has 0 heterocycles. The fraction of sp³-hybridized carbons (Fsp3) is 0.600. The summed E-state index contributed by atoms with van der Waals surface area (Å²) in [5.74, 6) is -0.968. The lowest BCUT2D eigenvalue weighted by molar-refractivity contribution is -0.137. The summed E-state index contributed by atoms with van der Waals surface area (Å²) in [7, 11) is 0. The third-order valence-corrected chi connectivity index (χ3v) is 8.06. The standard InChI is InChI=1S/C40H62N4O7/c1-27(2)22-33(44(39(49)51-40(7,8)9)37(47)32(41)24-30-16-12-10-13-17-30)35(45)20-21-43(38(48)50-26-29(5)6)34(23-28(3)4)36(46)42-25-31-18-14-11-15-19-31/h10-19,27-29,32-35,45H,20-26,41H2,1-9H3,(H,42,46)/t32-,33-,34-,35-/m0/s1. The minimum atomic E-state index is -1.29. The number of aliphatic hydroxyl groups is 1. The van der Waals surface area contributed by atoms with E-state index in [-0.39, 0.29) is 62.6 Å². The Labute approximate surface area is 305 Å². The van der Waals surface area contributed by atoms with Crippen LogP contribution in [0, 0.1) is 17.8 Å². The van der Waals surface area contributed by atoms with Crippen molar-refractivity contribution < 1.29 is 33.8 Å². The van der Waals surface area contributed by atoms with E-state index in [4.69, 9.17) is 15.2 Å². The molecule has 0 fully saturated rings. The van der Waals surface area contributed by atoms with Gasteiger partial charge in [-0.05, 0) is 75.3 Å². The van der Waals surface area contributed by atoms with Crippen LogP contribution in [0.1, 0.15) is 92.7 Å². The number of nitrogens with one attached hydrogen (secondary N) is 1. The summed E-state index contributed by atoms with van der Waals surface area (Å²) in [5, 5.41) is 14.8. The van der Waals surface area contributed by atoms with E-state index >= 15 is 0 Å². The largest absolute Gasteiger partial charge is 0.449 e. The second kappa shape index (κ2) is 20.8. The summed E-state index contributed by atoms with van der Waals surface area (Å²) in [6, 6.07) is 15.7. The quantitative estimate of drug-likeness (QED) is 0.163. The predicted molar refractivity (Wildman–Crippen MR) is 199 cm³/mol. The van der Waals surface area contributed by atoms with Gasteiger partial charge in [0.05, 0.1) is 24.8 Å². The number of benzene rings is 2. The van der Waals surface area contributed by atoms with E-state index in [0.717, 1.165) is 16.0 Å². The normalized spacial score (nSPS) is 14.1. The van der Waals surface area contributed by atoms with Crippen molar-refractivity contribution >= 4 is 24.0 Å². The molecule has 0 aliphatic heterocycles. The van der Waals surface area contributed by atoms with Crippen molar-refractivity contribution in [2.75, 3.05) is 13.2 Å². The van der Waals surface area contributed by atoms with Crippen LogP contribution in [0.3, 0.4) is 0 Å². The smallest absolute Gasteiger partial charge is 0.417 e. The van der Waals surface area contributed by atoms with Gasteiger partial charge in [0.15, 0.2) is 0 Å². The number of nitrogens with zero attached hydrogens (tertiary/aromatic N) is 2. The van der Waals surface area contributed by atoms with E-state index in [1.807, 2.05) is 102 Å². The van der Waals surface area contributed by atoms with Crippen LogP contribution in [-0.2, 0) is 32.0 Å². The Bertz CT molecular complexity index is 1360. The lowest BCUT2D eigenvalue weighted by atomic mass is 9.94. The van der Waals surface area contributed by atoms with Gasteiger partial charge in [-0.3, -0.25) is 14.5 Å². The van der Waals surface area contributed by atoms with Gasteiger partial charge in [-0.25, -0.2) is 14.5 Å². The summed E-state index contributed by atoms with van der Waals surface area (Å²) in [6.45, 7) is 17.1. The molecule has 4 N–H and O–H groups in total. The van der Waals surface area contributed by atoms with Gasteiger partial charge in [0.25, 0.3) is 0 Å². The molecule has 0 aliphatic rings. The van der Waals surface area contributed by atoms with Crippen molar-refractivity contribution in [2.24, 2.45) is 23.5 Å². The number of ether oxygens (including phenoxy) is 2. The molecule has 2 rings (SSSR count). The third kappa shape index (κ3) is 15.4. The molecular formula is C40H62N4O7. The van der Waals surface area contributed by atoms with Crippen LogP contribution >= 0.6 is 0 Å². The molecule has 0 saturated carbocycles. The lowest BCUT2D eigenvalue weighted by Gasteiger charge is -2.38. The molecule has 51 heavy (non-hydrogen) atoms. The van der Waals surface area contributed by atoms with Crippen LogP contribution in [0.2, 0.25) is 0 Å². The molecule has 0 aliphatic carbocycles. The molecule has 0 spiro atoms. The number of imide groups is 1. The maximum Gasteiger partial charge on any atom is 0.417 e. The van der Waals surface area contributed by atoms with Gasteiger partial charge in [0, 0.05) is 13.1 Å². The van der Waals surface area contributed by atoms with Gasteiger partial charge >= 0.3 is 12.2 Å².